The number of esters is 1. The second-order valence-electron chi connectivity index (χ2n) is 6.41. The number of benzene rings is 1. The molecule has 3 atom stereocenters. The third kappa shape index (κ3) is 4.31. The van der Waals surface area contributed by atoms with E-state index in [1.54, 1.807) is 0 Å². The molecule has 1 aromatic rings. The summed E-state index contributed by atoms with van der Waals surface area (Å²) in [6.07, 6.45) is 3.70. The van der Waals surface area contributed by atoms with Crippen molar-refractivity contribution in [1.82, 2.24) is 4.90 Å². The second kappa shape index (κ2) is 7.08. The van der Waals surface area contributed by atoms with Gasteiger partial charge in [0.25, 0.3) is 0 Å². The maximum absolute atomic E-state index is 12.1. The SMILES string of the molecule is Cc1ccc(C(=O)OC(C)CN2C(C)CCCC2C)cc1. The van der Waals surface area contributed by atoms with Crippen LogP contribution in [0.15, 0.2) is 24.3 Å². The highest BCUT2D eigenvalue weighted by Gasteiger charge is 2.26. The zero-order valence-corrected chi connectivity index (χ0v) is 13.6. The number of hydrogen-bond donors (Lipinski definition) is 0. The molecule has 1 aromatic carbocycles. The molecule has 1 aliphatic heterocycles. The lowest BCUT2D eigenvalue weighted by atomic mass is 9.97. The summed E-state index contributed by atoms with van der Waals surface area (Å²) < 4.78 is 5.60. The zero-order valence-electron chi connectivity index (χ0n) is 13.6. The highest BCUT2D eigenvalue weighted by Crippen LogP contribution is 2.23. The first-order chi connectivity index (χ1) is 9.97. The first kappa shape index (κ1) is 16.0. The molecule has 0 aromatic heterocycles. The molecule has 3 heteroatoms. The molecular formula is C18H27NO2. The number of carbonyl (C=O) groups is 1. The molecule has 0 aliphatic carbocycles. The van der Waals surface area contributed by atoms with E-state index in [0.29, 0.717) is 17.6 Å². The molecule has 3 nitrogen and oxygen atoms in total. The third-order valence-corrected chi connectivity index (χ3v) is 4.44. The summed E-state index contributed by atoms with van der Waals surface area (Å²) in [7, 11) is 0. The zero-order chi connectivity index (χ0) is 15.4. The molecule has 0 saturated carbocycles. The van der Waals surface area contributed by atoms with Crippen LogP contribution in [0.2, 0.25) is 0 Å². The maximum atomic E-state index is 12.1. The van der Waals surface area contributed by atoms with Gasteiger partial charge in [0.2, 0.25) is 0 Å². The largest absolute Gasteiger partial charge is 0.458 e. The summed E-state index contributed by atoms with van der Waals surface area (Å²) in [6, 6.07) is 8.70. The molecule has 0 amide bonds. The summed E-state index contributed by atoms with van der Waals surface area (Å²) in [6.45, 7) is 9.35. The fraction of sp³-hybridized carbons (Fsp3) is 0.611. The summed E-state index contributed by atoms with van der Waals surface area (Å²) in [5.41, 5.74) is 1.78. The van der Waals surface area contributed by atoms with Gasteiger partial charge in [0.05, 0.1) is 5.56 Å². The first-order valence-electron chi connectivity index (χ1n) is 8.00. The van der Waals surface area contributed by atoms with Crippen LogP contribution in [0.3, 0.4) is 0 Å². The highest BCUT2D eigenvalue weighted by molar-refractivity contribution is 5.89. The first-order valence-corrected chi connectivity index (χ1v) is 8.00. The summed E-state index contributed by atoms with van der Waals surface area (Å²) in [4.78, 5) is 14.6. The normalized spacial score (nSPS) is 24.6. The van der Waals surface area contributed by atoms with Crippen LogP contribution >= 0.6 is 0 Å². The number of aryl methyl sites for hydroxylation is 1. The molecule has 1 aliphatic rings. The van der Waals surface area contributed by atoms with Crippen LogP contribution in [-0.2, 0) is 4.74 Å². The van der Waals surface area contributed by atoms with Gasteiger partial charge >= 0.3 is 5.97 Å². The Morgan fingerprint density at radius 3 is 2.38 bits per heavy atom. The Bertz CT molecular complexity index is 459. The Balaban J connectivity index is 1.90. The molecule has 1 heterocycles. The van der Waals surface area contributed by atoms with Crippen LogP contribution in [0, 0.1) is 6.92 Å². The van der Waals surface area contributed by atoms with Gasteiger partial charge in [-0.2, -0.15) is 0 Å². The molecular weight excluding hydrogens is 262 g/mol. The number of nitrogens with zero attached hydrogens (tertiary/aromatic N) is 1. The predicted molar refractivity (Wildman–Crippen MR) is 85.5 cm³/mol. The van der Waals surface area contributed by atoms with Gasteiger partial charge in [-0.25, -0.2) is 4.79 Å². The molecule has 3 unspecified atom stereocenters. The molecule has 1 fully saturated rings. The van der Waals surface area contributed by atoms with Gasteiger partial charge in [0.15, 0.2) is 0 Å². The summed E-state index contributed by atoms with van der Waals surface area (Å²) in [5, 5.41) is 0. The molecule has 0 spiro atoms. The molecule has 0 radical (unpaired) electrons. The average molecular weight is 289 g/mol. The Morgan fingerprint density at radius 1 is 1.24 bits per heavy atom. The van der Waals surface area contributed by atoms with Crippen molar-refractivity contribution in [2.75, 3.05) is 6.54 Å². The van der Waals surface area contributed by atoms with Gasteiger partial charge in [-0.1, -0.05) is 24.1 Å². The van der Waals surface area contributed by atoms with E-state index in [1.807, 2.05) is 38.1 Å². The van der Waals surface area contributed by atoms with Crippen molar-refractivity contribution in [2.45, 2.75) is 65.1 Å². The number of likely N-dealkylation sites (tertiary alicyclic amines) is 1. The van der Waals surface area contributed by atoms with Crippen molar-refractivity contribution < 1.29 is 9.53 Å². The van der Waals surface area contributed by atoms with E-state index in [9.17, 15) is 4.79 Å². The van der Waals surface area contributed by atoms with Crippen LogP contribution in [0.5, 0.6) is 0 Å². The Hall–Kier alpha value is -1.35. The minimum atomic E-state index is -0.222. The quantitative estimate of drug-likeness (QED) is 0.790. The summed E-state index contributed by atoms with van der Waals surface area (Å²) >= 11 is 0. The van der Waals surface area contributed by atoms with Crippen molar-refractivity contribution in [3.8, 4) is 0 Å². The van der Waals surface area contributed by atoms with E-state index in [2.05, 4.69) is 18.7 Å². The molecule has 116 valence electrons. The second-order valence-corrected chi connectivity index (χ2v) is 6.41. The highest BCUT2D eigenvalue weighted by atomic mass is 16.5. The van der Waals surface area contributed by atoms with E-state index in [1.165, 1.54) is 19.3 Å². The number of carbonyl (C=O) groups excluding carboxylic acids is 1. The minimum Gasteiger partial charge on any atom is -0.458 e. The van der Waals surface area contributed by atoms with E-state index >= 15 is 0 Å². The lowest BCUT2D eigenvalue weighted by Crippen LogP contribution is -2.47. The van der Waals surface area contributed by atoms with E-state index in [4.69, 9.17) is 4.74 Å². The van der Waals surface area contributed by atoms with Gasteiger partial charge in [0, 0.05) is 18.6 Å². The van der Waals surface area contributed by atoms with Gasteiger partial charge in [-0.3, -0.25) is 4.90 Å². The molecule has 0 bridgehead atoms. The number of rotatable bonds is 4. The van der Waals surface area contributed by atoms with Crippen molar-refractivity contribution in [3.05, 3.63) is 35.4 Å². The monoisotopic (exact) mass is 289 g/mol. The predicted octanol–water partition coefficient (Wildman–Crippen LogP) is 3.80. The van der Waals surface area contributed by atoms with Crippen LogP contribution in [0.1, 0.15) is 56.0 Å². The van der Waals surface area contributed by atoms with Gasteiger partial charge in [0.1, 0.15) is 6.10 Å². The Labute approximate surface area is 128 Å². The topological polar surface area (TPSA) is 29.5 Å². The fourth-order valence-electron chi connectivity index (χ4n) is 3.11. The number of piperidine rings is 1. The van der Waals surface area contributed by atoms with Gasteiger partial charge in [-0.15, -0.1) is 0 Å². The smallest absolute Gasteiger partial charge is 0.338 e. The summed E-state index contributed by atoms with van der Waals surface area (Å²) in [5.74, 6) is -0.222. The number of hydrogen-bond acceptors (Lipinski definition) is 3. The van der Waals surface area contributed by atoms with E-state index in [0.717, 1.165) is 12.1 Å². The molecule has 0 N–H and O–H groups in total. The van der Waals surface area contributed by atoms with Crippen LogP contribution in [0.4, 0.5) is 0 Å². The van der Waals surface area contributed by atoms with E-state index in [-0.39, 0.29) is 12.1 Å². The van der Waals surface area contributed by atoms with Crippen LogP contribution in [0.25, 0.3) is 0 Å². The van der Waals surface area contributed by atoms with Crippen molar-refractivity contribution in [2.24, 2.45) is 0 Å². The minimum absolute atomic E-state index is 0.0817. The maximum Gasteiger partial charge on any atom is 0.338 e. The number of ether oxygens (including phenoxy) is 1. The van der Waals surface area contributed by atoms with Gasteiger partial charge < -0.3 is 4.74 Å². The molecule has 1 saturated heterocycles. The fourth-order valence-corrected chi connectivity index (χ4v) is 3.11. The van der Waals surface area contributed by atoms with Crippen LogP contribution < -0.4 is 0 Å². The lowest BCUT2D eigenvalue weighted by Gasteiger charge is -2.40. The van der Waals surface area contributed by atoms with Crippen molar-refractivity contribution >= 4 is 5.97 Å². The molecule has 21 heavy (non-hydrogen) atoms. The van der Waals surface area contributed by atoms with Crippen molar-refractivity contribution in [1.29, 1.82) is 0 Å². The lowest BCUT2D eigenvalue weighted by molar-refractivity contribution is 0.00812. The van der Waals surface area contributed by atoms with Crippen molar-refractivity contribution in [3.63, 3.8) is 0 Å². The Morgan fingerprint density at radius 2 is 1.81 bits per heavy atom. The third-order valence-electron chi connectivity index (χ3n) is 4.44. The van der Waals surface area contributed by atoms with E-state index < -0.39 is 0 Å². The average Bonchev–Trinajstić information content (AvgIpc) is 2.43. The Kier molecular flexibility index (Phi) is 5.40. The van der Waals surface area contributed by atoms with Crippen LogP contribution in [-0.4, -0.2) is 35.6 Å². The standard InChI is InChI=1S/C18H27NO2/c1-13-8-10-17(11-9-13)18(20)21-16(4)12-19-14(2)6-5-7-15(19)3/h8-11,14-16H,5-7,12H2,1-4H3. The molecule has 2 rings (SSSR count). The van der Waals surface area contributed by atoms with Gasteiger partial charge in [-0.05, 0) is 52.7 Å².